The van der Waals surface area contributed by atoms with Crippen molar-refractivity contribution in [2.24, 2.45) is 0 Å². The maximum atomic E-state index is 4.07. The average Bonchev–Trinajstić information content (AvgIpc) is 2.29. The maximum Gasteiger partial charge on any atom is 0.199 e. The van der Waals surface area contributed by atoms with E-state index in [1.807, 2.05) is 0 Å². The molecule has 0 spiro atoms. The standard InChI is InChI=1S/C9H8N5/c1-3-11-9(12-4-1)6-13-8-2-5-10-7-14-8/h1-5H,6H2,(H,10,13,14). The van der Waals surface area contributed by atoms with E-state index >= 15 is 0 Å². The molecule has 0 unspecified atom stereocenters. The number of nitrogens with one attached hydrogen (secondary N) is 1. The fourth-order valence-electron chi connectivity index (χ4n) is 0.951. The van der Waals surface area contributed by atoms with Crippen molar-refractivity contribution in [1.82, 2.24) is 19.9 Å². The van der Waals surface area contributed by atoms with E-state index < -0.39 is 0 Å². The highest BCUT2D eigenvalue weighted by Crippen LogP contribution is 1.99. The minimum Gasteiger partial charge on any atom is -0.363 e. The monoisotopic (exact) mass is 186 g/mol. The molecule has 0 aliphatic carbocycles. The third kappa shape index (κ3) is 2.22. The van der Waals surface area contributed by atoms with E-state index in [1.54, 1.807) is 30.7 Å². The predicted molar refractivity (Wildman–Crippen MR) is 50.2 cm³/mol. The molecule has 2 aromatic heterocycles. The summed E-state index contributed by atoms with van der Waals surface area (Å²) in [7, 11) is 0. The molecule has 0 saturated heterocycles. The summed E-state index contributed by atoms with van der Waals surface area (Å²) >= 11 is 0. The van der Waals surface area contributed by atoms with E-state index in [1.165, 1.54) is 0 Å². The van der Waals surface area contributed by atoms with E-state index in [2.05, 4.69) is 31.6 Å². The molecule has 1 radical (unpaired) electrons. The van der Waals surface area contributed by atoms with Crippen LogP contribution < -0.4 is 5.32 Å². The molecule has 0 fully saturated rings. The van der Waals surface area contributed by atoms with E-state index in [0.717, 1.165) is 5.82 Å². The van der Waals surface area contributed by atoms with Crippen LogP contribution in [0.5, 0.6) is 0 Å². The van der Waals surface area contributed by atoms with Gasteiger partial charge < -0.3 is 5.32 Å². The fraction of sp³-hybridized carbons (Fsp3) is 0.111. The third-order valence-electron chi connectivity index (χ3n) is 1.58. The quantitative estimate of drug-likeness (QED) is 0.763. The summed E-state index contributed by atoms with van der Waals surface area (Å²) in [5.41, 5.74) is 0. The summed E-state index contributed by atoms with van der Waals surface area (Å²) in [5, 5.41) is 3.05. The van der Waals surface area contributed by atoms with Gasteiger partial charge in [0.25, 0.3) is 0 Å². The first-order chi connectivity index (χ1) is 6.95. The van der Waals surface area contributed by atoms with Gasteiger partial charge in [0.05, 0.1) is 6.54 Å². The highest BCUT2D eigenvalue weighted by atomic mass is 15.0. The molecule has 5 heteroatoms. The molecule has 0 atom stereocenters. The van der Waals surface area contributed by atoms with E-state index in [4.69, 9.17) is 0 Å². The lowest BCUT2D eigenvalue weighted by molar-refractivity contribution is 0.937. The minimum absolute atomic E-state index is 0.547. The van der Waals surface area contributed by atoms with Gasteiger partial charge in [-0.15, -0.1) is 0 Å². The van der Waals surface area contributed by atoms with Crippen LogP contribution >= 0.6 is 0 Å². The Morgan fingerprint density at radius 2 is 2.07 bits per heavy atom. The molecule has 5 nitrogen and oxygen atoms in total. The van der Waals surface area contributed by atoms with Crippen LogP contribution in [0.2, 0.25) is 0 Å². The Bertz CT molecular complexity index is 335. The first-order valence-electron chi connectivity index (χ1n) is 4.14. The highest BCUT2D eigenvalue weighted by Gasteiger charge is 1.95. The van der Waals surface area contributed by atoms with Gasteiger partial charge in [-0.2, -0.15) is 0 Å². The van der Waals surface area contributed by atoms with Gasteiger partial charge in [-0.1, -0.05) is 0 Å². The SMILES string of the molecule is [c]1nccc(NCc2ncccn2)n1. The number of anilines is 1. The fourth-order valence-corrected chi connectivity index (χ4v) is 0.951. The number of rotatable bonds is 3. The molecule has 69 valence electrons. The van der Waals surface area contributed by atoms with Crippen LogP contribution in [0.1, 0.15) is 5.82 Å². The molecule has 14 heavy (non-hydrogen) atoms. The number of hydrogen-bond acceptors (Lipinski definition) is 5. The van der Waals surface area contributed by atoms with E-state index in [0.29, 0.717) is 12.4 Å². The summed E-state index contributed by atoms with van der Waals surface area (Å²) < 4.78 is 0. The zero-order valence-electron chi connectivity index (χ0n) is 7.38. The molecule has 0 aliphatic rings. The van der Waals surface area contributed by atoms with Crippen molar-refractivity contribution in [1.29, 1.82) is 0 Å². The molecular formula is C9H8N5. The van der Waals surface area contributed by atoms with Crippen LogP contribution in [0.15, 0.2) is 30.7 Å². The van der Waals surface area contributed by atoms with Gasteiger partial charge in [-0.3, -0.25) is 0 Å². The van der Waals surface area contributed by atoms with Crippen LogP contribution in [-0.4, -0.2) is 19.9 Å². The van der Waals surface area contributed by atoms with Crippen LogP contribution in [0.4, 0.5) is 5.82 Å². The zero-order chi connectivity index (χ0) is 9.64. The second-order valence-corrected chi connectivity index (χ2v) is 2.56. The summed E-state index contributed by atoms with van der Waals surface area (Å²) in [4.78, 5) is 15.7. The zero-order valence-corrected chi connectivity index (χ0v) is 7.38. The van der Waals surface area contributed by atoms with Crippen LogP contribution in [0.3, 0.4) is 0 Å². The Balaban J connectivity index is 1.96. The van der Waals surface area contributed by atoms with Gasteiger partial charge in [-0.25, -0.2) is 19.9 Å². The molecule has 0 amide bonds. The number of hydrogen-bond donors (Lipinski definition) is 1. The number of nitrogens with zero attached hydrogens (tertiary/aromatic N) is 4. The van der Waals surface area contributed by atoms with Gasteiger partial charge in [-0.05, 0) is 12.1 Å². The second-order valence-electron chi connectivity index (χ2n) is 2.56. The lowest BCUT2D eigenvalue weighted by Gasteiger charge is -2.02. The van der Waals surface area contributed by atoms with Gasteiger partial charge >= 0.3 is 0 Å². The third-order valence-corrected chi connectivity index (χ3v) is 1.58. The van der Waals surface area contributed by atoms with Crippen molar-refractivity contribution in [3.8, 4) is 0 Å². The van der Waals surface area contributed by atoms with Gasteiger partial charge in [0.1, 0.15) is 11.6 Å². The van der Waals surface area contributed by atoms with Crippen molar-refractivity contribution >= 4 is 5.82 Å². The molecule has 1 N–H and O–H groups in total. The van der Waals surface area contributed by atoms with Crippen LogP contribution in [-0.2, 0) is 6.54 Å². The minimum atomic E-state index is 0.547. The van der Waals surface area contributed by atoms with Crippen LogP contribution in [0.25, 0.3) is 0 Å². The lowest BCUT2D eigenvalue weighted by Crippen LogP contribution is -2.04. The predicted octanol–water partition coefficient (Wildman–Crippen LogP) is 0.679. The normalized spacial score (nSPS) is 9.71. The Labute approximate surface area is 81.3 Å². The Kier molecular flexibility index (Phi) is 2.61. The number of aromatic nitrogens is 4. The molecule has 2 heterocycles. The molecule has 2 rings (SSSR count). The van der Waals surface area contributed by atoms with Crippen molar-refractivity contribution in [2.45, 2.75) is 6.54 Å². The van der Waals surface area contributed by atoms with Gasteiger partial charge in [0.2, 0.25) is 0 Å². The van der Waals surface area contributed by atoms with Crippen molar-refractivity contribution in [2.75, 3.05) is 5.32 Å². The summed E-state index contributed by atoms with van der Waals surface area (Å²) in [5.74, 6) is 1.44. The van der Waals surface area contributed by atoms with Crippen LogP contribution in [0, 0.1) is 6.33 Å². The van der Waals surface area contributed by atoms with Gasteiger partial charge in [0.15, 0.2) is 6.33 Å². The molecule has 0 saturated carbocycles. The smallest absolute Gasteiger partial charge is 0.199 e. The second kappa shape index (κ2) is 4.27. The van der Waals surface area contributed by atoms with Crippen molar-refractivity contribution in [3.63, 3.8) is 0 Å². The molecule has 0 aromatic carbocycles. The first-order valence-corrected chi connectivity index (χ1v) is 4.14. The topological polar surface area (TPSA) is 63.6 Å². The van der Waals surface area contributed by atoms with Crippen molar-refractivity contribution in [3.05, 3.63) is 42.9 Å². The molecule has 0 aliphatic heterocycles. The van der Waals surface area contributed by atoms with Crippen molar-refractivity contribution < 1.29 is 0 Å². The van der Waals surface area contributed by atoms with Gasteiger partial charge in [0, 0.05) is 18.6 Å². The highest BCUT2D eigenvalue weighted by molar-refractivity contribution is 5.31. The summed E-state index contributed by atoms with van der Waals surface area (Å²) in [6, 6.07) is 3.54. The Morgan fingerprint density at radius 1 is 1.21 bits per heavy atom. The summed E-state index contributed by atoms with van der Waals surface area (Å²) in [6.45, 7) is 0.547. The molecule has 2 aromatic rings. The van der Waals surface area contributed by atoms with E-state index in [9.17, 15) is 0 Å². The first kappa shape index (κ1) is 8.55. The largest absolute Gasteiger partial charge is 0.363 e. The van der Waals surface area contributed by atoms with E-state index in [-0.39, 0.29) is 0 Å². The molecular weight excluding hydrogens is 178 g/mol. The Hall–Kier alpha value is -2.04. The average molecular weight is 186 g/mol. The lowest BCUT2D eigenvalue weighted by atomic mass is 10.5. The Morgan fingerprint density at radius 3 is 2.79 bits per heavy atom. The maximum absolute atomic E-state index is 4.07. The molecule has 0 bridgehead atoms. The summed E-state index contributed by atoms with van der Waals surface area (Å²) in [6.07, 6.45) is 7.53.